The Hall–Kier alpha value is -3.41. The lowest BCUT2D eigenvalue weighted by Crippen LogP contribution is -2.03. The van der Waals surface area contributed by atoms with Crippen LogP contribution in [0.3, 0.4) is 0 Å². The first-order valence-corrected chi connectivity index (χ1v) is 8.56. The van der Waals surface area contributed by atoms with Crippen molar-refractivity contribution in [2.75, 3.05) is 7.11 Å². The first-order chi connectivity index (χ1) is 13.1. The molecule has 0 aliphatic heterocycles. The molecule has 138 valence electrons. The van der Waals surface area contributed by atoms with Gasteiger partial charge in [-0.15, -0.1) is 0 Å². The molecule has 0 saturated heterocycles. The standard InChI is InChI=1S/C21H19NO5/c1-26-18-11-7-16(8-12-18)20(15-5-6-15)3-2-4-21(23)27-19-13-9-17(10-14-19)22(24)25/h2-4,7-15H,5-6H2,1H3/b4-2+,20-3-. The highest BCUT2D eigenvalue weighted by Crippen LogP contribution is 2.42. The van der Waals surface area contributed by atoms with Gasteiger partial charge < -0.3 is 9.47 Å². The van der Waals surface area contributed by atoms with Crippen LogP contribution in [0.4, 0.5) is 5.69 Å². The van der Waals surface area contributed by atoms with E-state index in [1.54, 1.807) is 13.2 Å². The number of esters is 1. The van der Waals surface area contributed by atoms with E-state index >= 15 is 0 Å². The first-order valence-electron chi connectivity index (χ1n) is 8.56. The van der Waals surface area contributed by atoms with Gasteiger partial charge in [-0.25, -0.2) is 4.79 Å². The normalized spacial score (nSPS) is 14.2. The van der Waals surface area contributed by atoms with Gasteiger partial charge in [0.05, 0.1) is 12.0 Å². The number of allylic oxidation sites excluding steroid dienone is 3. The second-order valence-electron chi connectivity index (χ2n) is 6.16. The fourth-order valence-electron chi connectivity index (χ4n) is 2.66. The molecular formula is C21H19NO5. The van der Waals surface area contributed by atoms with Gasteiger partial charge in [-0.2, -0.15) is 0 Å². The van der Waals surface area contributed by atoms with E-state index in [9.17, 15) is 14.9 Å². The molecule has 1 fully saturated rings. The zero-order valence-corrected chi connectivity index (χ0v) is 14.8. The Kier molecular flexibility index (Phi) is 5.66. The number of rotatable bonds is 7. The van der Waals surface area contributed by atoms with Gasteiger partial charge in [-0.3, -0.25) is 10.1 Å². The molecule has 6 nitrogen and oxygen atoms in total. The lowest BCUT2D eigenvalue weighted by Gasteiger charge is -2.07. The third-order valence-corrected chi connectivity index (χ3v) is 4.21. The van der Waals surface area contributed by atoms with Crippen LogP contribution in [0.1, 0.15) is 18.4 Å². The number of carbonyl (C=O) groups excluding carboxylic acids is 1. The second-order valence-corrected chi connectivity index (χ2v) is 6.16. The van der Waals surface area contributed by atoms with E-state index in [1.807, 2.05) is 30.3 Å². The van der Waals surface area contributed by atoms with Crippen LogP contribution in [0.5, 0.6) is 11.5 Å². The molecule has 27 heavy (non-hydrogen) atoms. The van der Waals surface area contributed by atoms with Crippen LogP contribution in [0.15, 0.2) is 66.8 Å². The van der Waals surface area contributed by atoms with Crippen LogP contribution in [0, 0.1) is 16.0 Å². The average molecular weight is 365 g/mol. The Labute approximate surface area is 156 Å². The fraction of sp³-hybridized carbons (Fsp3) is 0.190. The summed E-state index contributed by atoms with van der Waals surface area (Å²) >= 11 is 0. The predicted octanol–water partition coefficient (Wildman–Crippen LogP) is 4.56. The van der Waals surface area contributed by atoms with Crippen LogP contribution >= 0.6 is 0 Å². The van der Waals surface area contributed by atoms with E-state index < -0.39 is 10.9 Å². The van der Waals surface area contributed by atoms with Gasteiger partial charge in [0.2, 0.25) is 0 Å². The summed E-state index contributed by atoms with van der Waals surface area (Å²) in [5, 5.41) is 10.6. The predicted molar refractivity (Wildman–Crippen MR) is 102 cm³/mol. The molecule has 1 aliphatic rings. The van der Waals surface area contributed by atoms with E-state index in [4.69, 9.17) is 9.47 Å². The van der Waals surface area contributed by atoms with Crippen molar-refractivity contribution in [3.05, 3.63) is 82.4 Å². The monoisotopic (exact) mass is 365 g/mol. The lowest BCUT2D eigenvalue weighted by atomic mass is 10.0. The minimum Gasteiger partial charge on any atom is -0.497 e. The molecule has 6 heteroatoms. The summed E-state index contributed by atoms with van der Waals surface area (Å²) in [7, 11) is 1.63. The highest BCUT2D eigenvalue weighted by atomic mass is 16.6. The van der Waals surface area contributed by atoms with Crippen molar-refractivity contribution in [3.8, 4) is 11.5 Å². The van der Waals surface area contributed by atoms with E-state index in [0.29, 0.717) is 5.92 Å². The Morgan fingerprint density at radius 1 is 1.07 bits per heavy atom. The molecule has 0 atom stereocenters. The molecule has 0 N–H and O–H groups in total. The minimum absolute atomic E-state index is 0.0539. The van der Waals surface area contributed by atoms with Crippen molar-refractivity contribution in [2.24, 2.45) is 5.92 Å². The number of hydrogen-bond donors (Lipinski definition) is 0. The van der Waals surface area contributed by atoms with Crippen molar-refractivity contribution in [3.63, 3.8) is 0 Å². The summed E-state index contributed by atoms with van der Waals surface area (Å²) in [4.78, 5) is 22.1. The number of hydrogen-bond acceptors (Lipinski definition) is 5. The van der Waals surface area contributed by atoms with Crippen molar-refractivity contribution in [2.45, 2.75) is 12.8 Å². The number of methoxy groups -OCH3 is 1. The fourth-order valence-corrected chi connectivity index (χ4v) is 2.66. The third kappa shape index (κ3) is 5.04. The molecule has 2 aromatic carbocycles. The van der Waals surface area contributed by atoms with Crippen LogP contribution in [0.25, 0.3) is 5.57 Å². The maximum atomic E-state index is 11.9. The van der Waals surface area contributed by atoms with Gasteiger partial charge in [-0.05, 0) is 54.2 Å². The zero-order chi connectivity index (χ0) is 19.2. The van der Waals surface area contributed by atoms with Crippen molar-refractivity contribution < 1.29 is 19.2 Å². The van der Waals surface area contributed by atoms with E-state index in [-0.39, 0.29) is 11.4 Å². The van der Waals surface area contributed by atoms with Gasteiger partial charge in [0.25, 0.3) is 5.69 Å². The molecule has 0 amide bonds. The van der Waals surface area contributed by atoms with Gasteiger partial charge >= 0.3 is 5.97 Å². The maximum Gasteiger partial charge on any atom is 0.336 e. The summed E-state index contributed by atoms with van der Waals surface area (Å²) in [5.41, 5.74) is 2.23. The highest BCUT2D eigenvalue weighted by Gasteiger charge is 2.26. The summed E-state index contributed by atoms with van der Waals surface area (Å²) in [6.07, 6.45) is 7.22. The average Bonchev–Trinajstić information content (AvgIpc) is 3.51. The van der Waals surface area contributed by atoms with Gasteiger partial charge in [-0.1, -0.05) is 24.3 Å². The van der Waals surface area contributed by atoms with E-state index in [1.165, 1.54) is 35.9 Å². The number of nitro groups is 1. The number of ether oxygens (including phenoxy) is 2. The molecule has 0 aromatic heterocycles. The Bertz CT molecular complexity index is 878. The number of nitrogens with zero attached hydrogens (tertiary/aromatic N) is 1. The molecule has 1 aliphatic carbocycles. The Morgan fingerprint density at radius 3 is 2.26 bits per heavy atom. The molecule has 0 heterocycles. The largest absolute Gasteiger partial charge is 0.497 e. The lowest BCUT2D eigenvalue weighted by molar-refractivity contribution is -0.384. The molecule has 0 spiro atoms. The number of nitro benzene ring substituents is 1. The molecule has 0 unspecified atom stereocenters. The highest BCUT2D eigenvalue weighted by molar-refractivity contribution is 5.85. The minimum atomic E-state index is -0.537. The number of carbonyl (C=O) groups is 1. The molecule has 1 saturated carbocycles. The summed E-state index contributed by atoms with van der Waals surface area (Å²) in [5.74, 6) is 1.03. The van der Waals surface area contributed by atoms with Crippen LogP contribution in [-0.4, -0.2) is 18.0 Å². The molecule has 0 bridgehead atoms. The second kappa shape index (κ2) is 8.31. The Balaban J connectivity index is 1.65. The molecular weight excluding hydrogens is 346 g/mol. The topological polar surface area (TPSA) is 78.7 Å². The maximum absolute atomic E-state index is 11.9. The summed E-state index contributed by atoms with van der Waals surface area (Å²) in [6, 6.07) is 13.2. The van der Waals surface area contributed by atoms with Gasteiger partial charge in [0, 0.05) is 18.2 Å². The summed E-state index contributed by atoms with van der Waals surface area (Å²) in [6.45, 7) is 0. The van der Waals surface area contributed by atoms with Crippen molar-refractivity contribution in [1.82, 2.24) is 0 Å². The summed E-state index contributed by atoms with van der Waals surface area (Å²) < 4.78 is 10.3. The van der Waals surface area contributed by atoms with Crippen LogP contribution in [0.2, 0.25) is 0 Å². The molecule has 3 rings (SSSR count). The van der Waals surface area contributed by atoms with Gasteiger partial charge in [0.1, 0.15) is 11.5 Å². The molecule has 0 radical (unpaired) electrons. The van der Waals surface area contributed by atoms with E-state index in [2.05, 4.69) is 0 Å². The SMILES string of the molecule is COc1ccc(/C(=C\C=C\C(=O)Oc2ccc([N+](=O)[O-])cc2)C2CC2)cc1. The quantitative estimate of drug-likeness (QED) is 0.179. The number of non-ortho nitro benzene ring substituents is 1. The van der Waals surface area contributed by atoms with E-state index in [0.717, 1.165) is 24.2 Å². The van der Waals surface area contributed by atoms with Crippen molar-refractivity contribution in [1.29, 1.82) is 0 Å². The van der Waals surface area contributed by atoms with Crippen molar-refractivity contribution >= 4 is 17.2 Å². The number of benzene rings is 2. The zero-order valence-electron chi connectivity index (χ0n) is 14.8. The third-order valence-electron chi connectivity index (χ3n) is 4.21. The Morgan fingerprint density at radius 2 is 1.70 bits per heavy atom. The smallest absolute Gasteiger partial charge is 0.336 e. The first kappa shape index (κ1) is 18.4. The van der Waals surface area contributed by atoms with Gasteiger partial charge in [0.15, 0.2) is 0 Å². The van der Waals surface area contributed by atoms with Crippen LogP contribution in [-0.2, 0) is 4.79 Å². The van der Waals surface area contributed by atoms with Crippen LogP contribution < -0.4 is 9.47 Å². The molecule has 2 aromatic rings.